The van der Waals surface area contributed by atoms with Crippen LogP contribution in [0.15, 0.2) is 29.8 Å². The van der Waals surface area contributed by atoms with E-state index in [0.29, 0.717) is 12.1 Å². The van der Waals surface area contributed by atoms with Crippen molar-refractivity contribution < 1.29 is 9.90 Å². The van der Waals surface area contributed by atoms with Gasteiger partial charge in [-0.2, -0.15) is 0 Å². The molecule has 21 heavy (non-hydrogen) atoms. The van der Waals surface area contributed by atoms with Gasteiger partial charge >= 0.3 is 0 Å². The van der Waals surface area contributed by atoms with Crippen LogP contribution in [0.5, 0.6) is 0 Å². The van der Waals surface area contributed by atoms with Gasteiger partial charge in [0.25, 0.3) is 5.91 Å². The molecule has 1 aromatic carbocycles. The minimum atomic E-state index is -0.191. The zero-order valence-electron chi connectivity index (χ0n) is 11.7. The first-order chi connectivity index (χ1) is 10.2. The van der Waals surface area contributed by atoms with Crippen LogP contribution in [0.25, 0.3) is 0 Å². The molecule has 0 fully saturated rings. The largest absolute Gasteiger partial charge is 0.384 e. The predicted octanol–water partition coefficient (Wildman–Crippen LogP) is 1.77. The van der Waals surface area contributed by atoms with Gasteiger partial charge in [-0.05, 0) is 24.6 Å². The number of hydrogen-bond acceptors (Lipinski definition) is 4. The number of benzene rings is 1. The molecular formula is C16H16N2O2S. The number of hydrogen-bond donors (Lipinski definition) is 2. The zero-order valence-corrected chi connectivity index (χ0v) is 12.5. The number of carbonyl (C=O) groups excluding carboxylic acids is 1. The molecule has 4 nitrogen and oxygen atoms in total. The maximum atomic E-state index is 12.2. The molecule has 0 aliphatic rings. The SMILES string of the molecule is Cc1ccc(C#CCO)cc1C(=O)NCCc1nccs1. The summed E-state index contributed by atoms with van der Waals surface area (Å²) in [5.74, 6) is 5.27. The number of aliphatic hydroxyl groups excluding tert-OH is 1. The third-order valence-electron chi connectivity index (χ3n) is 2.90. The van der Waals surface area contributed by atoms with Crippen molar-refractivity contribution in [3.05, 3.63) is 51.5 Å². The van der Waals surface area contributed by atoms with Crippen molar-refractivity contribution >= 4 is 17.2 Å². The molecule has 0 unspecified atom stereocenters. The maximum Gasteiger partial charge on any atom is 0.251 e. The van der Waals surface area contributed by atoms with Gasteiger partial charge in [0, 0.05) is 35.7 Å². The molecule has 0 aliphatic carbocycles. The first-order valence-electron chi connectivity index (χ1n) is 6.57. The average Bonchev–Trinajstić information content (AvgIpc) is 2.99. The molecule has 0 bridgehead atoms. The minimum absolute atomic E-state index is 0.114. The van der Waals surface area contributed by atoms with Crippen LogP contribution < -0.4 is 5.32 Å². The number of aliphatic hydroxyl groups is 1. The van der Waals surface area contributed by atoms with Gasteiger partial charge < -0.3 is 10.4 Å². The summed E-state index contributed by atoms with van der Waals surface area (Å²) in [6.07, 6.45) is 2.49. The Morgan fingerprint density at radius 2 is 2.33 bits per heavy atom. The van der Waals surface area contributed by atoms with Gasteiger partial charge in [-0.25, -0.2) is 4.98 Å². The topological polar surface area (TPSA) is 62.2 Å². The lowest BCUT2D eigenvalue weighted by molar-refractivity contribution is 0.0953. The second kappa shape index (κ2) is 7.58. The van der Waals surface area contributed by atoms with Crippen LogP contribution in [0.1, 0.15) is 26.5 Å². The number of amides is 1. The van der Waals surface area contributed by atoms with E-state index in [-0.39, 0.29) is 12.5 Å². The van der Waals surface area contributed by atoms with Gasteiger partial charge in [0.1, 0.15) is 6.61 Å². The van der Waals surface area contributed by atoms with E-state index in [0.717, 1.165) is 22.6 Å². The van der Waals surface area contributed by atoms with Crippen molar-refractivity contribution in [3.8, 4) is 11.8 Å². The van der Waals surface area contributed by atoms with Crippen molar-refractivity contribution in [2.75, 3.05) is 13.2 Å². The number of rotatable bonds is 4. The van der Waals surface area contributed by atoms with E-state index in [1.54, 1.807) is 23.6 Å². The summed E-state index contributed by atoms with van der Waals surface area (Å²) in [5, 5.41) is 14.5. The van der Waals surface area contributed by atoms with Crippen molar-refractivity contribution in [3.63, 3.8) is 0 Å². The summed E-state index contributed by atoms with van der Waals surface area (Å²) in [6, 6.07) is 5.44. The smallest absolute Gasteiger partial charge is 0.251 e. The third kappa shape index (κ3) is 4.42. The highest BCUT2D eigenvalue weighted by atomic mass is 32.1. The first kappa shape index (κ1) is 15.2. The van der Waals surface area contributed by atoms with Crippen molar-refractivity contribution in [1.82, 2.24) is 10.3 Å². The highest BCUT2D eigenvalue weighted by Gasteiger charge is 2.09. The lowest BCUT2D eigenvalue weighted by Gasteiger charge is -2.07. The van der Waals surface area contributed by atoms with Crippen LogP contribution in [0.4, 0.5) is 0 Å². The monoisotopic (exact) mass is 300 g/mol. The fourth-order valence-corrected chi connectivity index (χ4v) is 2.46. The molecule has 1 heterocycles. The highest BCUT2D eigenvalue weighted by Crippen LogP contribution is 2.11. The zero-order chi connectivity index (χ0) is 15.1. The molecule has 0 spiro atoms. The molecule has 5 heteroatoms. The maximum absolute atomic E-state index is 12.2. The molecular weight excluding hydrogens is 284 g/mol. The molecule has 0 saturated heterocycles. The Bertz CT molecular complexity index is 669. The molecule has 1 amide bonds. The van der Waals surface area contributed by atoms with Gasteiger partial charge in [-0.1, -0.05) is 17.9 Å². The van der Waals surface area contributed by atoms with Crippen molar-refractivity contribution in [1.29, 1.82) is 0 Å². The van der Waals surface area contributed by atoms with Crippen LogP contribution >= 0.6 is 11.3 Å². The number of carbonyl (C=O) groups is 1. The van der Waals surface area contributed by atoms with E-state index in [2.05, 4.69) is 22.1 Å². The Morgan fingerprint density at radius 3 is 3.05 bits per heavy atom. The molecule has 2 N–H and O–H groups in total. The fraction of sp³-hybridized carbons (Fsp3) is 0.250. The predicted molar refractivity (Wildman–Crippen MR) is 83.3 cm³/mol. The van der Waals surface area contributed by atoms with E-state index in [9.17, 15) is 4.79 Å². The van der Waals surface area contributed by atoms with Gasteiger partial charge in [-0.15, -0.1) is 11.3 Å². The number of nitrogens with one attached hydrogen (secondary N) is 1. The average molecular weight is 300 g/mol. The summed E-state index contributed by atoms with van der Waals surface area (Å²) in [7, 11) is 0. The van der Waals surface area contributed by atoms with E-state index < -0.39 is 0 Å². The van der Waals surface area contributed by atoms with E-state index in [1.807, 2.05) is 24.4 Å². The van der Waals surface area contributed by atoms with E-state index >= 15 is 0 Å². The number of aryl methyl sites for hydroxylation is 1. The molecule has 108 valence electrons. The second-order valence-electron chi connectivity index (χ2n) is 4.42. The van der Waals surface area contributed by atoms with Gasteiger partial charge in [0.05, 0.1) is 5.01 Å². The van der Waals surface area contributed by atoms with Crippen molar-refractivity contribution in [2.45, 2.75) is 13.3 Å². The lowest BCUT2D eigenvalue weighted by Crippen LogP contribution is -2.26. The Hall–Kier alpha value is -2.16. The standard InChI is InChI=1S/C16H16N2O2S/c1-12-4-5-13(3-2-9-19)11-14(12)16(20)18-7-6-15-17-8-10-21-15/h4-5,8,10-11,19H,6-7,9H2,1H3,(H,18,20). The van der Waals surface area contributed by atoms with Crippen LogP contribution in [0, 0.1) is 18.8 Å². The molecule has 0 saturated carbocycles. The van der Waals surface area contributed by atoms with Gasteiger partial charge in [-0.3, -0.25) is 4.79 Å². The number of thiazole rings is 1. The summed E-state index contributed by atoms with van der Waals surface area (Å²) >= 11 is 1.58. The first-order valence-corrected chi connectivity index (χ1v) is 7.45. The quantitative estimate of drug-likeness (QED) is 0.846. The van der Waals surface area contributed by atoms with Crippen LogP contribution in [0.3, 0.4) is 0 Å². The summed E-state index contributed by atoms with van der Waals surface area (Å²) in [4.78, 5) is 16.4. The molecule has 0 atom stereocenters. The fourth-order valence-electron chi connectivity index (χ4n) is 1.84. The van der Waals surface area contributed by atoms with Crippen molar-refractivity contribution in [2.24, 2.45) is 0 Å². The van der Waals surface area contributed by atoms with Crippen LogP contribution in [-0.2, 0) is 6.42 Å². The van der Waals surface area contributed by atoms with E-state index in [1.165, 1.54) is 0 Å². The molecule has 0 aliphatic heterocycles. The molecule has 2 aromatic rings. The Labute approximate surface area is 127 Å². The van der Waals surface area contributed by atoms with Crippen LogP contribution in [-0.4, -0.2) is 29.1 Å². The summed E-state index contributed by atoms with van der Waals surface area (Å²) in [6.45, 7) is 2.25. The second-order valence-corrected chi connectivity index (χ2v) is 5.40. The van der Waals surface area contributed by atoms with E-state index in [4.69, 9.17) is 5.11 Å². The molecule has 2 rings (SSSR count). The minimum Gasteiger partial charge on any atom is -0.384 e. The lowest BCUT2D eigenvalue weighted by atomic mass is 10.0. The third-order valence-corrected chi connectivity index (χ3v) is 3.74. The number of nitrogens with zero attached hydrogens (tertiary/aromatic N) is 1. The normalized spacial score (nSPS) is 9.81. The Balaban J connectivity index is 2.00. The Kier molecular flexibility index (Phi) is 5.50. The Morgan fingerprint density at radius 1 is 1.48 bits per heavy atom. The van der Waals surface area contributed by atoms with Gasteiger partial charge in [0.2, 0.25) is 0 Å². The number of aromatic nitrogens is 1. The highest BCUT2D eigenvalue weighted by molar-refractivity contribution is 7.09. The molecule has 0 radical (unpaired) electrons. The van der Waals surface area contributed by atoms with Crippen LogP contribution in [0.2, 0.25) is 0 Å². The summed E-state index contributed by atoms with van der Waals surface area (Å²) in [5.41, 5.74) is 2.23. The van der Waals surface area contributed by atoms with Gasteiger partial charge in [0.15, 0.2) is 0 Å². The molecule has 1 aromatic heterocycles. The summed E-state index contributed by atoms with van der Waals surface area (Å²) < 4.78 is 0.